The van der Waals surface area contributed by atoms with E-state index in [1.165, 1.54) is 12.4 Å². The minimum Gasteiger partial charge on any atom is -0.439 e. The van der Waals surface area contributed by atoms with E-state index in [2.05, 4.69) is 41.1 Å². The Morgan fingerprint density at radius 3 is 2.92 bits per heavy atom. The van der Waals surface area contributed by atoms with Crippen LogP contribution in [0.1, 0.15) is 5.56 Å². The van der Waals surface area contributed by atoms with E-state index in [1.54, 1.807) is 23.1 Å². The summed E-state index contributed by atoms with van der Waals surface area (Å²) < 4.78 is 13.1. The lowest BCUT2D eigenvalue weighted by atomic mass is 10.1. The Labute approximate surface area is 223 Å². The third kappa shape index (κ3) is 5.66. The van der Waals surface area contributed by atoms with Crippen LogP contribution in [0.4, 0.5) is 17.2 Å². The van der Waals surface area contributed by atoms with Crippen LogP contribution >= 0.6 is 0 Å². The number of hydrogen-bond donors (Lipinski definition) is 3. The Kier molecular flexibility index (Phi) is 6.76. The Hall–Kier alpha value is -4.94. The number of nitrogens with one attached hydrogen (secondary N) is 3. The van der Waals surface area contributed by atoms with Gasteiger partial charge in [0.1, 0.15) is 30.5 Å². The van der Waals surface area contributed by atoms with Crippen LogP contribution in [0.5, 0.6) is 11.6 Å². The fraction of sp³-hybridized carbons (Fsp3) is 0.185. The van der Waals surface area contributed by atoms with Crippen molar-refractivity contribution >= 4 is 39.6 Å². The molecule has 6 rings (SSSR count). The van der Waals surface area contributed by atoms with E-state index in [0.717, 1.165) is 28.7 Å². The molecule has 0 aliphatic carbocycles. The standard InChI is InChI=1S/C27H25N9O3/c1-17-10-18(3-6-23(17)39-26-12-24-35-32-16-36(24)15-31-26)34-27-21-11-19(2-5-22(21)29-14-30-27)33-25(37)7-4-20-13-38-9-8-28-20/h2-7,10-12,14-16,20,28H,8-9,13H2,1H3,(H,33,37)(H,29,30,34)/b7-4+. The number of aryl methyl sites for hydroxylation is 1. The summed E-state index contributed by atoms with van der Waals surface area (Å²) in [6.45, 7) is 3.95. The maximum absolute atomic E-state index is 12.5. The smallest absolute Gasteiger partial charge is 0.248 e. The third-order valence-corrected chi connectivity index (χ3v) is 6.15. The normalized spacial score (nSPS) is 15.6. The number of aromatic nitrogens is 6. The quantitative estimate of drug-likeness (QED) is 0.272. The van der Waals surface area contributed by atoms with Crippen LogP contribution in [0.3, 0.4) is 0 Å². The van der Waals surface area contributed by atoms with Crippen LogP contribution < -0.4 is 20.7 Å². The number of carbonyl (C=O) groups excluding carboxylic acids is 1. The molecule has 12 heteroatoms. The zero-order valence-electron chi connectivity index (χ0n) is 21.0. The molecule has 12 nitrogen and oxygen atoms in total. The van der Waals surface area contributed by atoms with Gasteiger partial charge in [-0.1, -0.05) is 6.08 Å². The number of carbonyl (C=O) groups is 1. The maximum Gasteiger partial charge on any atom is 0.248 e. The molecular formula is C27H25N9O3. The van der Waals surface area contributed by atoms with Crippen molar-refractivity contribution in [1.82, 2.24) is 34.9 Å². The lowest BCUT2D eigenvalue weighted by molar-refractivity contribution is -0.111. The highest BCUT2D eigenvalue weighted by Gasteiger charge is 2.11. The second kappa shape index (κ2) is 10.8. The van der Waals surface area contributed by atoms with E-state index in [9.17, 15) is 4.79 Å². The van der Waals surface area contributed by atoms with Gasteiger partial charge >= 0.3 is 0 Å². The van der Waals surface area contributed by atoms with Crippen molar-refractivity contribution in [2.45, 2.75) is 13.0 Å². The predicted octanol–water partition coefficient (Wildman–Crippen LogP) is 3.39. The Balaban J connectivity index is 1.17. The molecule has 0 radical (unpaired) electrons. The lowest BCUT2D eigenvalue weighted by Crippen LogP contribution is -2.39. The van der Waals surface area contributed by atoms with E-state index in [-0.39, 0.29) is 11.9 Å². The molecule has 1 atom stereocenters. The highest BCUT2D eigenvalue weighted by molar-refractivity contribution is 6.02. The summed E-state index contributed by atoms with van der Waals surface area (Å²) in [7, 11) is 0. The molecule has 0 bridgehead atoms. The van der Waals surface area contributed by atoms with Crippen LogP contribution in [-0.2, 0) is 9.53 Å². The van der Waals surface area contributed by atoms with Crippen LogP contribution in [0.15, 0.2) is 73.6 Å². The van der Waals surface area contributed by atoms with E-state index in [1.807, 2.05) is 49.4 Å². The molecule has 0 saturated carbocycles. The minimum atomic E-state index is -0.225. The first kappa shape index (κ1) is 24.4. The largest absolute Gasteiger partial charge is 0.439 e. The van der Waals surface area contributed by atoms with Crippen molar-refractivity contribution in [3.63, 3.8) is 0 Å². The molecule has 196 valence electrons. The maximum atomic E-state index is 12.5. The van der Waals surface area contributed by atoms with Crippen LogP contribution in [0, 0.1) is 6.92 Å². The van der Waals surface area contributed by atoms with Crippen molar-refractivity contribution in [2.75, 3.05) is 30.4 Å². The first-order chi connectivity index (χ1) is 19.1. The summed E-state index contributed by atoms with van der Waals surface area (Å²) in [6, 6.07) is 13.0. The fourth-order valence-electron chi connectivity index (χ4n) is 4.19. The van der Waals surface area contributed by atoms with Gasteiger partial charge in [-0.15, -0.1) is 10.2 Å². The number of ether oxygens (including phenoxy) is 2. The molecule has 1 amide bonds. The summed E-state index contributed by atoms with van der Waals surface area (Å²) in [5.74, 6) is 1.48. The summed E-state index contributed by atoms with van der Waals surface area (Å²) >= 11 is 0. The van der Waals surface area contributed by atoms with Crippen molar-refractivity contribution in [1.29, 1.82) is 0 Å². The molecule has 1 saturated heterocycles. The van der Waals surface area contributed by atoms with Gasteiger partial charge in [-0.25, -0.2) is 15.0 Å². The van der Waals surface area contributed by atoms with E-state index >= 15 is 0 Å². The molecular weight excluding hydrogens is 498 g/mol. The molecule has 1 aliphatic rings. The summed E-state index contributed by atoms with van der Waals surface area (Å²) in [6.07, 6.45) is 8.01. The molecule has 1 unspecified atom stereocenters. The van der Waals surface area contributed by atoms with Gasteiger partial charge in [0, 0.05) is 41.5 Å². The molecule has 39 heavy (non-hydrogen) atoms. The van der Waals surface area contributed by atoms with Crippen LogP contribution in [0.25, 0.3) is 16.6 Å². The van der Waals surface area contributed by atoms with Gasteiger partial charge in [0.2, 0.25) is 11.8 Å². The number of hydrogen-bond acceptors (Lipinski definition) is 10. The lowest BCUT2D eigenvalue weighted by Gasteiger charge is -2.20. The Morgan fingerprint density at radius 2 is 2.05 bits per heavy atom. The third-order valence-electron chi connectivity index (χ3n) is 6.15. The van der Waals surface area contributed by atoms with E-state index in [0.29, 0.717) is 42.0 Å². The Bertz CT molecular complexity index is 1680. The first-order valence-corrected chi connectivity index (χ1v) is 12.4. The molecule has 2 aromatic carbocycles. The number of nitrogens with zero attached hydrogens (tertiary/aromatic N) is 6. The fourth-order valence-corrected chi connectivity index (χ4v) is 4.19. The molecule has 4 heterocycles. The van der Waals surface area contributed by atoms with Crippen molar-refractivity contribution in [3.05, 3.63) is 79.2 Å². The van der Waals surface area contributed by atoms with Gasteiger partial charge < -0.3 is 25.4 Å². The van der Waals surface area contributed by atoms with Gasteiger partial charge in [0.25, 0.3) is 0 Å². The van der Waals surface area contributed by atoms with E-state index < -0.39 is 0 Å². The highest BCUT2D eigenvalue weighted by Crippen LogP contribution is 2.30. The zero-order valence-corrected chi connectivity index (χ0v) is 21.0. The van der Waals surface area contributed by atoms with E-state index in [4.69, 9.17) is 9.47 Å². The monoisotopic (exact) mass is 523 g/mol. The average molecular weight is 524 g/mol. The molecule has 1 fully saturated rings. The Morgan fingerprint density at radius 1 is 1.13 bits per heavy atom. The molecule has 1 aliphatic heterocycles. The summed E-state index contributed by atoms with van der Waals surface area (Å²) in [5.41, 5.74) is 3.75. The number of morpholine rings is 1. The van der Waals surface area contributed by atoms with Gasteiger partial charge in [-0.05, 0) is 48.9 Å². The van der Waals surface area contributed by atoms with Gasteiger partial charge in [0.05, 0.1) is 18.7 Å². The molecule has 0 spiro atoms. The van der Waals surface area contributed by atoms with Gasteiger partial charge in [-0.2, -0.15) is 0 Å². The summed E-state index contributed by atoms with van der Waals surface area (Å²) in [4.78, 5) is 25.6. The first-order valence-electron chi connectivity index (χ1n) is 12.4. The van der Waals surface area contributed by atoms with Crippen molar-refractivity contribution < 1.29 is 14.3 Å². The summed E-state index contributed by atoms with van der Waals surface area (Å²) in [5, 5.41) is 18.2. The SMILES string of the molecule is Cc1cc(Nc2ncnc3ccc(NC(=O)/C=C/C4COCCN4)cc23)ccc1Oc1cc2nncn2cn1. The van der Waals surface area contributed by atoms with Gasteiger partial charge in [-0.3, -0.25) is 9.20 Å². The van der Waals surface area contributed by atoms with Crippen LogP contribution in [0.2, 0.25) is 0 Å². The molecule has 5 aromatic rings. The number of benzene rings is 2. The van der Waals surface area contributed by atoms with Gasteiger partial charge in [0.15, 0.2) is 5.65 Å². The second-order valence-corrected chi connectivity index (χ2v) is 8.97. The predicted molar refractivity (Wildman–Crippen MR) is 145 cm³/mol. The number of rotatable bonds is 7. The number of fused-ring (bicyclic) bond motifs is 2. The van der Waals surface area contributed by atoms with Crippen LogP contribution in [-0.4, -0.2) is 61.3 Å². The highest BCUT2D eigenvalue weighted by atomic mass is 16.5. The minimum absolute atomic E-state index is 0.0272. The topological polar surface area (TPSA) is 140 Å². The van der Waals surface area contributed by atoms with Crippen molar-refractivity contribution in [2.24, 2.45) is 0 Å². The second-order valence-electron chi connectivity index (χ2n) is 8.97. The number of anilines is 3. The molecule has 3 N–H and O–H groups in total. The molecule has 3 aromatic heterocycles. The van der Waals surface area contributed by atoms with Crippen molar-refractivity contribution in [3.8, 4) is 11.6 Å². The average Bonchev–Trinajstić information content (AvgIpc) is 3.42. The number of amides is 1. The zero-order chi connectivity index (χ0) is 26.6.